The third-order valence-electron chi connectivity index (χ3n) is 4.28. The van der Waals surface area contributed by atoms with E-state index in [1.54, 1.807) is 21.3 Å². The first-order chi connectivity index (χ1) is 10.1. The first-order valence-electron chi connectivity index (χ1n) is 7.50. The molecule has 0 aromatic heterocycles. The zero-order valence-corrected chi connectivity index (χ0v) is 15.1. The summed E-state index contributed by atoms with van der Waals surface area (Å²) in [7, 11) is 1.94. The van der Waals surface area contributed by atoms with Gasteiger partial charge in [-0.15, -0.1) is 0 Å². The van der Waals surface area contributed by atoms with Gasteiger partial charge in [-0.3, -0.25) is 0 Å². The Balaban J connectivity index is 3.27. The van der Waals surface area contributed by atoms with Crippen LogP contribution in [0, 0.1) is 0 Å². The first-order valence-corrected chi connectivity index (χ1v) is 9.23. The van der Waals surface area contributed by atoms with Crippen LogP contribution >= 0.6 is 0 Å². The molecule has 1 aromatic rings. The van der Waals surface area contributed by atoms with Crippen LogP contribution < -0.4 is 9.92 Å². The molecule has 1 aromatic carbocycles. The summed E-state index contributed by atoms with van der Waals surface area (Å²) in [5, 5.41) is 0.872. The third-order valence-corrected chi connectivity index (χ3v) is 6.97. The Morgan fingerprint density at radius 1 is 0.857 bits per heavy atom. The van der Waals surface area contributed by atoms with Gasteiger partial charge < -0.3 is 18.0 Å². The second kappa shape index (κ2) is 7.94. The fourth-order valence-electron chi connectivity index (χ4n) is 2.59. The molecule has 21 heavy (non-hydrogen) atoms. The van der Waals surface area contributed by atoms with Crippen molar-refractivity contribution in [1.82, 2.24) is 0 Å². The Hall–Kier alpha value is -0.883. The lowest BCUT2D eigenvalue weighted by Crippen LogP contribution is -2.55. The highest BCUT2D eigenvalue weighted by Crippen LogP contribution is 2.28. The molecule has 5 heteroatoms. The normalized spacial score (nSPS) is 12.5. The maximum Gasteiger partial charge on any atom is 0.540 e. The van der Waals surface area contributed by atoms with Crippen molar-refractivity contribution in [2.45, 2.75) is 45.6 Å². The van der Waals surface area contributed by atoms with E-state index < -0.39 is 8.80 Å². The lowest BCUT2D eigenvalue weighted by atomic mass is 9.94. The smallest absolute Gasteiger partial charge is 0.487 e. The van der Waals surface area contributed by atoms with Gasteiger partial charge in [0.2, 0.25) is 0 Å². The topological polar surface area (TPSA) is 36.9 Å². The van der Waals surface area contributed by atoms with Gasteiger partial charge in [0.15, 0.2) is 0 Å². The van der Waals surface area contributed by atoms with Crippen molar-refractivity contribution < 1.29 is 18.0 Å². The molecule has 4 nitrogen and oxygen atoms in total. The molecule has 0 atom stereocenters. The minimum Gasteiger partial charge on any atom is -0.487 e. The fraction of sp³-hybridized carbons (Fsp3) is 0.625. The molecule has 0 aliphatic heterocycles. The van der Waals surface area contributed by atoms with Crippen molar-refractivity contribution in [3.63, 3.8) is 0 Å². The second-order valence-electron chi connectivity index (χ2n) is 5.01. The molecule has 0 N–H and O–H groups in total. The number of rotatable bonds is 9. The molecule has 1 rings (SSSR count). The van der Waals surface area contributed by atoms with Crippen LogP contribution in [0.25, 0.3) is 0 Å². The maximum absolute atomic E-state index is 6.39. The monoisotopic (exact) mass is 312 g/mol. The Labute approximate surface area is 129 Å². The van der Waals surface area contributed by atoms with Crippen LogP contribution in [0.3, 0.4) is 0 Å². The van der Waals surface area contributed by atoms with Gasteiger partial charge in [0.05, 0.1) is 5.19 Å². The molecule has 0 saturated carbocycles. The summed E-state index contributed by atoms with van der Waals surface area (Å²) >= 11 is 0. The Morgan fingerprint density at radius 2 is 1.33 bits per heavy atom. The molecule has 0 aliphatic carbocycles. The van der Waals surface area contributed by atoms with Gasteiger partial charge in [0, 0.05) is 21.3 Å². The average molecular weight is 312 g/mol. The fourth-order valence-corrected chi connectivity index (χ4v) is 4.48. The van der Waals surface area contributed by atoms with Gasteiger partial charge in [-0.1, -0.05) is 39.0 Å². The summed E-state index contributed by atoms with van der Waals surface area (Å²) in [6.07, 6.45) is 2.86. The second-order valence-corrected chi connectivity index (χ2v) is 7.89. The van der Waals surface area contributed by atoms with E-state index >= 15 is 0 Å². The van der Waals surface area contributed by atoms with Gasteiger partial charge in [-0.2, -0.15) is 0 Å². The van der Waals surface area contributed by atoms with Crippen LogP contribution in [-0.4, -0.2) is 35.7 Å². The van der Waals surface area contributed by atoms with E-state index in [9.17, 15) is 0 Å². The highest BCUT2D eigenvalue weighted by Gasteiger charge is 2.44. The SMILES string of the molecule is CCC(CC)(CC)Oc1ccccc1[Si](OC)(OC)OC. The molecule has 0 amide bonds. The van der Waals surface area contributed by atoms with E-state index in [0.29, 0.717) is 0 Å². The quantitative estimate of drug-likeness (QED) is 0.657. The van der Waals surface area contributed by atoms with Crippen LogP contribution in [-0.2, 0) is 13.3 Å². The van der Waals surface area contributed by atoms with Gasteiger partial charge >= 0.3 is 8.80 Å². The summed E-state index contributed by atoms with van der Waals surface area (Å²) in [6.45, 7) is 6.47. The van der Waals surface area contributed by atoms with Crippen LogP contribution in [0.2, 0.25) is 0 Å². The largest absolute Gasteiger partial charge is 0.540 e. The molecular formula is C16H28O4Si. The first kappa shape index (κ1) is 18.2. The van der Waals surface area contributed by atoms with Gasteiger partial charge in [0.1, 0.15) is 11.4 Å². The van der Waals surface area contributed by atoms with Crippen molar-refractivity contribution in [2.24, 2.45) is 0 Å². The third kappa shape index (κ3) is 3.66. The number of ether oxygens (including phenoxy) is 1. The van der Waals surface area contributed by atoms with Gasteiger partial charge in [0.25, 0.3) is 0 Å². The zero-order chi connectivity index (χ0) is 15.9. The summed E-state index contributed by atoms with van der Waals surface area (Å²) in [5.41, 5.74) is -0.161. The molecule has 0 radical (unpaired) electrons. The zero-order valence-electron chi connectivity index (χ0n) is 14.1. The van der Waals surface area contributed by atoms with Gasteiger partial charge in [-0.25, -0.2) is 0 Å². The number of benzene rings is 1. The molecule has 0 fully saturated rings. The summed E-state index contributed by atoms with van der Waals surface area (Å²) in [6, 6.07) is 7.84. The number of para-hydroxylation sites is 1. The minimum atomic E-state index is -2.90. The molecule has 0 bridgehead atoms. The van der Waals surface area contributed by atoms with E-state index in [1.807, 2.05) is 24.3 Å². The predicted molar refractivity (Wildman–Crippen MR) is 87.1 cm³/mol. The summed E-state index contributed by atoms with van der Waals surface area (Å²) < 4.78 is 23.2. The molecule has 0 aliphatic rings. The van der Waals surface area contributed by atoms with Crippen molar-refractivity contribution in [1.29, 1.82) is 0 Å². The lowest BCUT2D eigenvalue weighted by Gasteiger charge is -2.34. The van der Waals surface area contributed by atoms with Crippen LogP contribution in [0.1, 0.15) is 40.0 Å². The van der Waals surface area contributed by atoms with Crippen molar-refractivity contribution >= 4 is 14.0 Å². The Morgan fingerprint density at radius 3 is 1.76 bits per heavy atom. The standard InChI is InChI=1S/C16H28O4Si/c1-7-16(8-2,9-3)20-14-12-10-11-13-15(14)21(17-4,18-5)19-6/h10-13H,7-9H2,1-6H3. The Kier molecular flexibility index (Phi) is 6.87. The van der Waals surface area contributed by atoms with Crippen LogP contribution in [0.5, 0.6) is 5.75 Å². The van der Waals surface area contributed by atoms with Gasteiger partial charge in [-0.05, 0) is 25.3 Å². The van der Waals surface area contributed by atoms with E-state index in [-0.39, 0.29) is 5.60 Å². The van der Waals surface area contributed by atoms with E-state index in [1.165, 1.54) is 0 Å². The van der Waals surface area contributed by atoms with Crippen molar-refractivity contribution in [3.8, 4) is 5.75 Å². The minimum absolute atomic E-state index is 0.161. The maximum atomic E-state index is 6.39. The summed E-state index contributed by atoms with van der Waals surface area (Å²) in [5.74, 6) is 0.792. The molecule has 0 unspecified atom stereocenters. The predicted octanol–water partition coefficient (Wildman–Crippen LogP) is 3.12. The highest BCUT2D eigenvalue weighted by molar-refractivity contribution is 6.76. The highest BCUT2D eigenvalue weighted by atomic mass is 28.4. The number of hydrogen-bond acceptors (Lipinski definition) is 4. The van der Waals surface area contributed by atoms with E-state index in [0.717, 1.165) is 30.2 Å². The van der Waals surface area contributed by atoms with E-state index in [2.05, 4.69) is 20.8 Å². The molecule has 120 valence electrons. The van der Waals surface area contributed by atoms with E-state index in [4.69, 9.17) is 18.0 Å². The Bertz CT molecular complexity index is 412. The molecule has 0 heterocycles. The lowest BCUT2D eigenvalue weighted by molar-refractivity contribution is 0.0557. The summed E-state index contributed by atoms with van der Waals surface area (Å²) in [4.78, 5) is 0. The van der Waals surface area contributed by atoms with Crippen molar-refractivity contribution in [3.05, 3.63) is 24.3 Å². The van der Waals surface area contributed by atoms with Crippen molar-refractivity contribution in [2.75, 3.05) is 21.3 Å². The number of hydrogen-bond donors (Lipinski definition) is 0. The average Bonchev–Trinajstić information content (AvgIpc) is 2.56. The van der Waals surface area contributed by atoms with Crippen LogP contribution in [0.15, 0.2) is 24.3 Å². The molecule has 0 saturated heterocycles. The van der Waals surface area contributed by atoms with Crippen LogP contribution in [0.4, 0.5) is 0 Å². The molecular weight excluding hydrogens is 284 g/mol. The molecule has 0 spiro atoms.